The first-order chi connectivity index (χ1) is 8.85. The van der Waals surface area contributed by atoms with E-state index in [1.807, 2.05) is 0 Å². The minimum atomic E-state index is -4.17. The number of carbonyl (C=O) groups excluding carboxylic acids is 1. The SMILES string of the molecule is COC(=O)[C@](O)(c1ccc(Cl)cc1)P(=O)(OC)OC. The maximum absolute atomic E-state index is 12.4. The molecule has 1 N–H and O–H groups in total. The number of ether oxygens (including phenoxy) is 1. The highest BCUT2D eigenvalue weighted by molar-refractivity contribution is 7.56. The highest BCUT2D eigenvalue weighted by atomic mass is 35.5. The maximum atomic E-state index is 12.4. The average molecular weight is 309 g/mol. The van der Waals surface area contributed by atoms with Crippen LogP contribution in [-0.4, -0.2) is 32.4 Å². The van der Waals surface area contributed by atoms with Gasteiger partial charge in [0.05, 0.1) is 7.11 Å². The first-order valence-electron chi connectivity index (χ1n) is 5.14. The van der Waals surface area contributed by atoms with Gasteiger partial charge in [-0.1, -0.05) is 23.7 Å². The summed E-state index contributed by atoms with van der Waals surface area (Å²) >= 11 is 5.73. The third-order valence-electron chi connectivity index (χ3n) is 2.59. The molecule has 8 heteroatoms. The van der Waals surface area contributed by atoms with Crippen LogP contribution in [0.5, 0.6) is 0 Å². The van der Waals surface area contributed by atoms with E-state index in [2.05, 4.69) is 4.74 Å². The van der Waals surface area contributed by atoms with E-state index in [4.69, 9.17) is 20.6 Å². The number of hydrogen-bond donors (Lipinski definition) is 1. The van der Waals surface area contributed by atoms with Crippen molar-refractivity contribution < 1.29 is 28.3 Å². The highest BCUT2D eigenvalue weighted by Gasteiger charge is 2.58. The highest BCUT2D eigenvalue weighted by Crippen LogP contribution is 2.63. The first kappa shape index (κ1) is 16.1. The van der Waals surface area contributed by atoms with Gasteiger partial charge < -0.3 is 18.9 Å². The van der Waals surface area contributed by atoms with Crippen molar-refractivity contribution >= 4 is 25.2 Å². The Morgan fingerprint density at radius 1 is 1.21 bits per heavy atom. The Bertz CT molecular complexity index is 494. The molecule has 6 nitrogen and oxygen atoms in total. The Morgan fingerprint density at radius 3 is 2.05 bits per heavy atom. The Kier molecular flexibility index (Phi) is 5.12. The standard InChI is InChI=1S/C11H14ClO6P/c1-16-10(13)11(14,19(15,17-2)18-3)8-4-6-9(12)7-5-8/h4-7,14H,1-3H3/t11-/m0/s1. The van der Waals surface area contributed by atoms with E-state index in [0.717, 1.165) is 21.3 Å². The zero-order chi connectivity index (χ0) is 14.7. The molecule has 1 atom stereocenters. The van der Waals surface area contributed by atoms with Crippen LogP contribution in [0, 0.1) is 0 Å². The van der Waals surface area contributed by atoms with E-state index in [9.17, 15) is 14.5 Å². The van der Waals surface area contributed by atoms with Crippen molar-refractivity contribution in [3.05, 3.63) is 34.9 Å². The van der Waals surface area contributed by atoms with Gasteiger partial charge in [-0.15, -0.1) is 0 Å². The first-order valence-corrected chi connectivity index (χ1v) is 7.06. The third-order valence-corrected chi connectivity index (χ3v) is 5.04. The van der Waals surface area contributed by atoms with Crippen LogP contribution in [0.2, 0.25) is 5.02 Å². The lowest BCUT2D eigenvalue weighted by molar-refractivity contribution is -0.156. The normalized spacial score (nSPS) is 14.8. The van der Waals surface area contributed by atoms with E-state index in [1.165, 1.54) is 24.3 Å². The molecular formula is C11H14ClO6P. The zero-order valence-electron chi connectivity index (χ0n) is 10.6. The quantitative estimate of drug-likeness (QED) is 0.663. The van der Waals surface area contributed by atoms with Crippen LogP contribution in [0.1, 0.15) is 5.56 Å². The maximum Gasteiger partial charge on any atom is 0.377 e. The van der Waals surface area contributed by atoms with Crippen LogP contribution in [0.3, 0.4) is 0 Å². The van der Waals surface area contributed by atoms with E-state index in [0.29, 0.717) is 5.02 Å². The van der Waals surface area contributed by atoms with E-state index in [1.54, 1.807) is 0 Å². The molecule has 0 radical (unpaired) electrons. The predicted octanol–water partition coefficient (Wildman–Crippen LogP) is 2.14. The van der Waals surface area contributed by atoms with Crippen LogP contribution < -0.4 is 0 Å². The summed E-state index contributed by atoms with van der Waals surface area (Å²) in [6, 6.07) is 5.54. The molecule has 19 heavy (non-hydrogen) atoms. The molecule has 1 rings (SSSR count). The van der Waals surface area contributed by atoms with E-state index >= 15 is 0 Å². The molecule has 1 aromatic carbocycles. The monoisotopic (exact) mass is 308 g/mol. The van der Waals surface area contributed by atoms with Crippen LogP contribution in [0.4, 0.5) is 0 Å². The topological polar surface area (TPSA) is 82.1 Å². The second-order valence-corrected chi connectivity index (χ2v) is 6.34. The van der Waals surface area contributed by atoms with Gasteiger partial charge in [0, 0.05) is 24.8 Å². The lowest BCUT2D eigenvalue weighted by Gasteiger charge is -2.30. The largest absolute Gasteiger partial charge is 0.466 e. The van der Waals surface area contributed by atoms with Crippen molar-refractivity contribution in [2.45, 2.75) is 5.34 Å². The van der Waals surface area contributed by atoms with Gasteiger partial charge in [0.2, 0.25) is 0 Å². The molecular weight excluding hydrogens is 295 g/mol. The van der Waals surface area contributed by atoms with Gasteiger partial charge >= 0.3 is 13.6 Å². The Morgan fingerprint density at radius 2 is 1.68 bits per heavy atom. The van der Waals surface area contributed by atoms with Crippen molar-refractivity contribution in [2.24, 2.45) is 0 Å². The number of hydrogen-bond acceptors (Lipinski definition) is 6. The fraction of sp³-hybridized carbons (Fsp3) is 0.364. The molecule has 0 saturated heterocycles. The zero-order valence-corrected chi connectivity index (χ0v) is 12.3. The van der Waals surface area contributed by atoms with Crippen LogP contribution >= 0.6 is 19.2 Å². The van der Waals surface area contributed by atoms with Gasteiger partial charge in [-0.2, -0.15) is 0 Å². The van der Waals surface area contributed by atoms with Gasteiger partial charge in [0.1, 0.15) is 0 Å². The van der Waals surface area contributed by atoms with Crippen molar-refractivity contribution in [2.75, 3.05) is 21.3 Å². The van der Waals surface area contributed by atoms with Gasteiger partial charge in [-0.3, -0.25) is 4.57 Å². The molecule has 0 aliphatic carbocycles. The van der Waals surface area contributed by atoms with Gasteiger partial charge in [0.15, 0.2) is 0 Å². The Balaban J connectivity index is 3.48. The summed E-state index contributed by atoms with van der Waals surface area (Å²) in [7, 11) is -0.993. The molecule has 0 fully saturated rings. The summed E-state index contributed by atoms with van der Waals surface area (Å²) < 4.78 is 26.3. The number of halogens is 1. The van der Waals surface area contributed by atoms with Crippen molar-refractivity contribution in [1.82, 2.24) is 0 Å². The molecule has 0 bridgehead atoms. The molecule has 0 aliphatic rings. The fourth-order valence-corrected chi connectivity index (χ4v) is 3.13. The molecule has 0 amide bonds. The summed E-state index contributed by atoms with van der Waals surface area (Å²) in [4.78, 5) is 11.8. The minimum Gasteiger partial charge on any atom is -0.466 e. The molecule has 0 aromatic heterocycles. The van der Waals surface area contributed by atoms with Crippen LogP contribution in [0.15, 0.2) is 24.3 Å². The number of rotatable bonds is 5. The number of aliphatic hydroxyl groups is 1. The molecule has 106 valence electrons. The number of carbonyl (C=O) groups is 1. The summed E-state index contributed by atoms with van der Waals surface area (Å²) in [5.41, 5.74) is -0.00390. The lowest BCUT2D eigenvalue weighted by atomic mass is 10.1. The minimum absolute atomic E-state index is 0.00390. The van der Waals surface area contributed by atoms with Gasteiger partial charge in [0.25, 0.3) is 5.34 Å². The van der Waals surface area contributed by atoms with Crippen LogP contribution in [-0.2, 0) is 28.5 Å². The van der Waals surface area contributed by atoms with Crippen molar-refractivity contribution in [3.8, 4) is 0 Å². The van der Waals surface area contributed by atoms with E-state index in [-0.39, 0.29) is 5.56 Å². The molecule has 0 heterocycles. The second kappa shape index (κ2) is 6.03. The summed E-state index contributed by atoms with van der Waals surface area (Å²) in [5.74, 6) is -1.15. The van der Waals surface area contributed by atoms with Crippen LogP contribution in [0.25, 0.3) is 0 Å². The Labute approximate surface area is 115 Å². The number of esters is 1. The smallest absolute Gasteiger partial charge is 0.377 e. The molecule has 0 aliphatic heterocycles. The molecule has 0 saturated carbocycles. The Hall–Kier alpha value is -0.910. The average Bonchev–Trinajstić information content (AvgIpc) is 2.45. The van der Waals surface area contributed by atoms with Gasteiger partial charge in [-0.25, -0.2) is 4.79 Å². The molecule has 1 aromatic rings. The van der Waals surface area contributed by atoms with Crippen molar-refractivity contribution in [1.29, 1.82) is 0 Å². The fourth-order valence-electron chi connectivity index (χ4n) is 1.55. The summed E-state index contributed by atoms with van der Waals surface area (Å²) in [5, 5.41) is 8.36. The third kappa shape index (κ3) is 2.68. The molecule has 0 unspecified atom stereocenters. The number of benzene rings is 1. The number of methoxy groups -OCH3 is 1. The lowest BCUT2D eigenvalue weighted by Crippen LogP contribution is -2.37. The summed E-state index contributed by atoms with van der Waals surface area (Å²) in [6.07, 6.45) is 0. The second-order valence-electron chi connectivity index (χ2n) is 3.53. The van der Waals surface area contributed by atoms with Gasteiger partial charge in [-0.05, 0) is 12.1 Å². The molecule has 0 spiro atoms. The van der Waals surface area contributed by atoms with Crippen molar-refractivity contribution in [3.63, 3.8) is 0 Å². The summed E-state index contributed by atoms with van der Waals surface area (Å²) in [6.45, 7) is 0. The predicted molar refractivity (Wildman–Crippen MR) is 69.0 cm³/mol. The van der Waals surface area contributed by atoms with E-state index < -0.39 is 18.9 Å².